The Bertz CT molecular complexity index is 542. The third kappa shape index (κ3) is 2.56. The van der Waals surface area contributed by atoms with Gasteiger partial charge in [-0.05, 0) is 19.1 Å². The van der Waals surface area contributed by atoms with Crippen molar-refractivity contribution in [2.45, 2.75) is 20.8 Å². The number of carbonyl (C=O) groups excluding carboxylic acids is 1. The second-order valence-corrected chi connectivity index (χ2v) is 4.39. The van der Waals surface area contributed by atoms with E-state index in [-0.39, 0.29) is 11.8 Å². The molecule has 2 rings (SSSR count). The van der Waals surface area contributed by atoms with Crippen molar-refractivity contribution in [3.8, 4) is 5.82 Å². The summed E-state index contributed by atoms with van der Waals surface area (Å²) in [5, 5.41) is 2.80. The molecule has 5 nitrogen and oxygen atoms in total. The van der Waals surface area contributed by atoms with Crippen LogP contribution in [0.25, 0.3) is 5.82 Å². The van der Waals surface area contributed by atoms with Crippen molar-refractivity contribution in [2.24, 2.45) is 5.92 Å². The molecule has 0 atom stereocenters. The van der Waals surface area contributed by atoms with Crippen LogP contribution >= 0.6 is 0 Å². The summed E-state index contributed by atoms with van der Waals surface area (Å²) in [4.78, 5) is 20.0. The Morgan fingerprint density at radius 1 is 1.33 bits per heavy atom. The van der Waals surface area contributed by atoms with Crippen LogP contribution in [0.1, 0.15) is 19.7 Å². The fourth-order valence-corrected chi connectivity index (χ4v) is 1.51. The molecule has 2 aromatic heterocycles. The van der Waals surface area contributed by atoms with Gasteiger partial charge in [-0.25, -0.2) is 9.97 Å². The Kier molecular flexibility index (Phi) is 3.41. The van der Waals surface area contributed by atoms with Gasteiger partial charge in [0, 0.05) is 18.3 Å². The lowest BCUT2D eigenvalue weighted by molar-refractivity contribution is -0.118. The zero-order valence-electron chi connectivity index (χ0n) is 10.7. The highest BCUT2D eigenvalue weighted by molar-refractivity contribution is 5.91. The molecule has 0 saturated carbocycles. The van der Waals surface area contributed by atoms with Crippen LogP contribution in [-0.4, -0.2) is 20.4 Å². The molecular formula is C13H16N4O. The minimum atomic E-state index is -0.0411. The van der Waals surface area contributed by atoms with Crippen molar-refractivity contribution < 1.29 is 4.79 Å². The third-order valence-corrected chi connectivity index (χ3v) is 2.61. The summed E-state index contributed by atoms with van der Waals surface area (Å²) >= 11 is 0. The second kappa shape index (κ2) is 5.00. The van der Waals surface area contributed by atoms with E-state index in [0.29, 0.717) is 5.69 Å². The highest BCUT2D eigenvalue weighted by atomic mass is 16.1. The van der Waals surface area contributed by atoms with Crippen molar-refractivity contribution >= 4 is 11.6 Å². The van der Waals surface area contributed by atoms with E-state index in [1.807, 2.05) is 43.7 Å². The average Bonchev–Trinajstić information content (AvgIpc) is 2.76. The molecule has 5 heteroatoms. The van der Waals surface area contributed by atoms with Gasteiger partial charge >= 0.3 is 0 Å². The van der Waals surface area contributed by atoms with E-state index >= 15 is 0 Å². The Labute approximate surface area is 106 Å². The van der Waals surface area contributed by atoms with Crippen LogP contribution in [0.15, 0.2) is 30.7 Å². The number of carbonyl (C=O) groups is 1. The standard InChI is InChI=1S/C13H16N4O/c1-9(2)13(18)16-11-4-5-12(15-8-11)17-7-6-14-10(17)3/h4-9H,1-3H3,(H,16,18). The van der Waals surface area contributed by atoms with Gasteiger partial charge in [0.25, 0.3) is 0 Å². The van der Waals surface area contributed by atoms with Gasteiger partial charge in [-0.2, -0.15) is 0 Å². The number of amides is 1. The molecule has 0 aliphatic heterocycles. The Morgan fingerprint density at radius 3 is 2.61 bits per heavy atom. The summed E-state index contributed by atoms with van der Waals surface area (Å²) in [6.07, 6.45) is 5.23. The molecule has 0 aliphatic carbocycles. The summed E-state index contributed by atoms with van der Waals surface area (Å²) in [6.45, 7) is 5.62. The quantitative estimate of drug-likeness (QED) is 0.900. The number of imidazole rings is 1. The molecule has 2 heterocycles. The molecule has 0 fully saturated rings. The number of aromatic nitrogens is 3. The molecule has 0 aliphatic rings. The first kappa shape index (κ1) is 12.3. The predicted molar refractivity (Wildman–Crippen MR) is 69.6 cm³/mol. The lowest BCUT2D eigenvalue weighted by Crippen LogP contribution is -2.17. The maximum absolute atomic E-state index is 11.5. The van der Waals surface area contributed by atoms with Crippen LogP contribution in [0.3, 0.4) is 0 Å². The molecule has 0 spiro atoms. The van der Waals surface area contributed by atoms with Gasteiger partial charge in [0.05, 0.1) is 11.9 Å². The first-order valence-electron chi connectivity index (χ1n) is 5.85. The van der Waals surface area contributed by atoms with Crippen molar-refractivity contribution in [2.75, 3.05) is 5.32 Å². The fraction of sp³-hybridized carbons (Fsp3) is 0.308. The smallest absolute Gasteiger partial charge is 0.226 e. The molecule has 0 aromatic carbocycles. The topological polar surface area (TPSA) is 59.8 Å². The first-order valence-corrected chi connectivity index (χ1v) is 5.85. The molecule has 18 heavy (non-hydrogen) atoms. The third-order valence-electron chi connectivity index (χ3n) is 2.61. The van der Waals surface area contributed by atoms with Crippen molar-refractivity contribution in [3.05, 3.63) is 36.5 Å². The number of nitrogens with one attached hydrogen (secondary N) is 1. The van der Waals surface area contributed by atoms with Crippen LogP contribution in [0, 0.1) is 12.8 Å². The Morgan fingerprint density at radius 2 is 2.11 bits per heavy atom. The SMILES string of the molecule is Cc1nccn1-c1ccc(NC(=O)C(C)C)cn1. The van der Waals surface area contributed by atoms with Gasteiger partial charge in [-0.3, -0.25) is 9.36 Å². The highest BCUT2D eigenvalue weighted by Crippen LogP contribution is 2.12. The number of anilines is 1. The highest BCUT2D eigenvalue weighted by Gasteiger charge is 2.07. The molecular weight excluding hydrogens is 228 g/mol. The number of hydrogen-bond acceptors (Lipinski definition) is 3. The number of hydrogen-bond donors (Lipinski definition) is 1. The predicted octanol–water partition coefficient (Wildman–Crippen LogP) is 2.17. The van der Waals surface area contributed by atoms with Gasteiger partial charge in [0.1, 0.15) is 11.6 Å². The van der Waals surface area contributed by atoms with E-state index in [1.165, 1.54) is 0 Å². The van der Waals surface area contributed by atoms with Crippen molar-refractivity contribution in [1.82, 2.24) is 14.5 Å². The molecule has 0 saturated heterocycles. The number of pyridine rings is 1. The molecule has 94 valence electrons. The van der Waals surface area contributed by atoms with Crippen LogP contribution in [0.2, 0.25) is 0 Å². The minimum absolute atomic E-state index is 0.0108. The summed E-state index contributed by atoms with van der Waals surface area (Å²) in [6, 6.07) is 3.69. The van der Waals surface area contributed by atoms with Crippen LogP contribution < -0.4 is 5.32 Å². The van der Waals surface area contributed by atoms with E-state index in [9.17, 15) is 4.79 Å². The molecule has 2 aromatic rings. The molecule has 1 N–H and O–H groups in total. The lowest BCUT2D eigenvalue weighted by atomic mass is 10.2. The second-order valence-electron chi connectivity index (χ2n) is 4.39. The first-order chi connectivity index (χ1) is 8.58. The minimum Gasteiger partial charge on any atom is -0.325 e. The summed E-state index contributed by atoms with van der Waals surface area (Å²) in [5.74, 6) is 1.61. The van der Waals surface area contributed by atoms with Crippen molar-refractivity contribution in [1.29, 1.82) is 0 Å². The molecule has 1 amide bonds. The zero-order valence-corrected chi connectivity index (χ0v) is 10.7. The number of nitrogens with zero attached hydrogens (tertiary/aromatic N) is 3. The van der Waals surface area contributed by atoms with Gasteiger partial charge in [0.2, 0.25) is 5.91 Å². The fourth-order valence-electron chi connectivity index (χ4n) is 1.51. The number of aryl methyl sites for hydroxylation is 1. The van der Waals surface area contributed by atoms with Crippen LogP contribution in [-0.2, 0) is 4.79 Å². The number of rotatable bonds is 3. The Balaban J connectivity index is 2.16. The molecule has 0 bridgehead atoms. The summed E-state index contributed by atoms with van der Waals surface area (Å²) in [7, 11) is 0. The van der Waals surface area contributed by atoms with Gasteiger partial charge < -0.3 is 5.32 Å². The van der Waals surface area contributed by atoms with Crippen LogP contribution in [0.5, 0.6) is 0 Å². The molecule has 0 radical (unpaired) electrons. The van der Waals surface area contributed by atoms with E-state index in [2.05, 4.69) is 15.3 Å². The van der Waals surface area contributed by atoms with Gasteiger partial charge in [-0.1, -0.05) is 13.8 Å². The zero-order chi connectivity index (χ0) is 13.1. The van der Waals surface area contributed by atoms with Gasteiger partial charge in [0.15, 0.2) is 0 Å². The summed E-state index contributed by atoms with van der Waals surface area (Å²) < 4.78 is 1.88. The Hall–Kier alpha value is -2.17. The summed E-state index contributed by atoms with van der Waals surface area (Å²) in [5.41, 5.74) is 0.704. The van der Waals surface area contributed by atoms with E-state index in [0.717, 1.165) is 11.6 Å². The lowest BCUT2D eigenvalue weighted by Gasteiger charge is -2.08. The molecule has 0 unspecified atom stereocenters. The average molecular weight is 244 g/mol. The largest absolute Gasteiger partial charge is 0.325 e. The van der Waals surface area contributed by atoms with E-state index < -0.39 is 0 Å². The monoisotopic (exact) mass is 244 g/mol. The normalized spacial score (nSPS) is 10.7. The maximum atomic E-state index is 11.5. The van der Waals surface area contributed by atoms with E-state index in [1.54, 1.807) is 12.4 Å². The van der Waals surface area contributed by atoms with Crippen LogP contribution in [0.4, 0.5) is 5.69 Å². The van der Waals surface area contributed by atoms with Gasteiger partial charge in [-0.15, -0.1) is 0 Å². The van der Waals surface area contributed by atoms with E-state index in [4.69, 9.17) is 0 Å². The van der Waals surface area contributed by atoms with Crippen molar-refractivity contribution in [3.63, 3.8) is 0 Å². The maximum Gasteiger partial charge on any atom is 0.226 e.